The molecule has 3 rings (SSSR count). The molecule has 20 heavy (non-hydrogen) atoms. The highest BCUT2D eigenvalue weighted by atomic mass is 79.9. The van der Waals surface area contributed by atoms with Gasteiger partial charge in [-0.05, 0) is 49.7 Å². The van der Waals surface area contributed by atoms with Crippen molar-refractivity contribution in [3.63, 3.8) is 0 Å². The van der Waals surface area contributed by atoms with Crippen LogP contribution in [-0.2, 0) is 0 Å². The van der Waals surface area contributed by atoms with Crippen LogP contribution in [0.2, 0.25) is 0 Å². The lowest BCUT2D eigenvalue weighted by Crippen LogP contribution is -2.15. The molecule has 1 aromatic carbocycles. The Labute approximate surface area is 127 Å². The van der Waals surface area contributed by atoms with Gasteiger partial charge in [0, 0.05) is 21.0 Å². The Morgan fingerprint density at radius 1 is 1.50 bits per heavy atom. The summed E-state index contributed by atoms with van der Waals surface area (Å²) in [6.07, 6.45) is 2.06. The predicted octanol–water partition coefficient (Wildman–Crippen LogP) is 3.02. The van der Waals surface area contributed by atoms with Gasteiger partial charge in [0.2, 0.25) is 0 Å². The number of halogens is 1. The second-order valence-corrected chi connectivity index (χ2v) is 6.61. The van der Waals surface area contributed by atoms with Gasteiger partial charge in [-0.3, -0.25) is 9.36 Å². The molecule has 0 atom stereocenters. The lowest BCUT2D eigenvalue weighted by atomic mass is 10.2. The van der Waals surface area contributed by atoms with E-state index >= 15 is 0 Å². The molecule has 1 N–H and O–H groups in total. The minimum Gasteiger partial charge on any atom is -0.294 e. The zero-order valence-corrected chi connectivity index (χ0v) is 13.1. The van der Waals surface area contributed by atoms with Gasteiger partial charge in [-0.25, -0.2) is 9.89 Å². The Bertz CT molecular complexity index is 733. The second kappa shape index (κ2) is 5.21. The zero-order valence-electron chi connectivity index (χ0n) is 10.7. The van der Waals surface area contributed by atoms with Gasteiger partial charge in [0.1, 0.15) is 0 Å². The molecule has 1 aliphatic rings. The molecule has 104 valence electrons. The minimum absolute atomic E-state index is 0.0167. The van der Waals surface area contributed by atoms with E-state index < -0.39 is 0 Å². The maximum Gasteiger partial charge on any atom is 0.344 e. The molecule has 1 aromatic heterocycles. The van der Waals surface area contributed by atoms with Gasteiger partial charge in [0.15, 0.2) is 10.9 Å². The first kappa shape index (κ1) is 13.6. The van der Waals surface area contributed by atoms with Crippen LogP contribution in [0.1, 0.15) is 36.2 Å². The van der Waals surface area contributed by atoms with Gasteiger partial charge >= 0.3 is 5.69 Å². The van der Waals surface area contributed by atoms with Crippen LogP contribution in [0.3, 0.4) is 0 Å². The number of Topliss-reactive ketones (excluding diaryl/α,β-unsaturated/α-hetero) is 1. The molecule has 1 heterocycles. The van der Waals surface area contributed by atoms with Crippen LogP contribution in [0.4, 0.5) is 0 Å². The number of nitrogens with one attached hydrogen (secondary N) is 1. The molecule has 0 bridgehead atoms. The summed E-state index contributed by atoms with van der Waals surface area (Å²) in [6.45, 7) is 1.53. The lowest BCUT2D eigenvalue weighted by molar-refractivity contribution is 0.101. The quantitative estimate of drug-likeness (QED) is 0.857. The molecule has 1 saturated carbocycles. The standard InChI is InChI=1S/C13H12BrN3O2S/c1-7(18)10-5-4-9(6-11(10)14)20-13-16-15-12(19)17(13)8-2-3-8/h4-6,8H,2-3H2,1H3,(H,15,19). The fraction of sp³-hybridized carbons (Fsp3) is 0.308. The highest BCUT2D eigenvalue weighted by Gasteiger charge is 2.28. The normalized spacial score (nSPS) is 14.5. The van der Waals surface area contributed by atoms with E-state index in [2.05, 4.69) is 26.1 Å². The first-order valence-electron chi connectivity index (χ1n) is 6.21. The van der Waals surface area contributed by atoms with Crippen LogP contribution >= 0.6 is 27.7 Å². The summed E-state index contributed by atoms with van der Waals surface area (Å²) in [4.78, 5) is 24.0. The van der Waals surface area contributed by atoms with Crippen molar-refractivity contribution in [3.8, 4) is 0 Å². The smallest absolute Gasteiger partial charge is 0.294 e. The Morgan fingerprint density at radius 2 is 2.25 bits per heavy atom. The maximum absolute atomic E-state index is 11.7. The van der Waals surface area contributed by atoms with E-state index in [-0.39, 0.29) is 17.5 Å². The van der Waals surface area contributed by atoms with Gasteiger partial charge in [-0.2, -0.15) is 0 Å². The Hall–Kier alpha value is -1.34. The third-order valence-electron chi connectivity index (χ3n) is 3.11. The van der Waals surface area contributed by atoms with Crippen molar-refractivity contribution >= 4 is 33.5 Å². The number of ketones is 1. The molecule has 0 aliphatic heterocycles. The molecule has 5 nitrogen and oxygen atoms in total. The Kier molecular flexibility index (Phi) is 3.55. The van der Waals surface area contributed by atoms with E-state index in [1.54, 1.807) is 10.6 Å². The minimum atomic E-state index is -0.158. The summed E-state index contributed by atoms with van der Waals surface area (Å²) in [5.41, 5.74) is 0.491. The zero-order chi connectivity index (χ0) is 14.3. The second-order valence-electron chi connectivity index (χ2n) is 4.71. The van der Waals surface area contributed by atoms with Crippen molar-refractivity contribution in [2.24, 2.45) is 0 Å². The molecule has 0 radical (unpaired) electrons. The molecule has 1 aliphatic carbocycles. The number of aromatic amines is 1. The van der Waals surface area contributed by atoms with Crippen molar-refractivity contribution in [1.82, 2.24) is 14.8 Å². The van der Waals surface area contributed by atoms with Crippen LogP contribution < -0.4 is 5.69 Å². The number of hydrogen-bond acceptors (Lipinski definition) is 4. The van der Waals surface area contributed by atoms with E-state index in [9.17, 15) is 9.59 Å². The molecule has 0 spiro atoms. The van der Waals surface area contributed by atoms with Crippen molar-refractivity contribution < 1.29 is 4.79 Å². The molecule has 1 fully saturated rings. The van der Waals surface area contributed by atoms with Crippen LogP contribution in [0, 0.1) is 0 Å². The third kappa shape index (κ3) is 2.60. The first-order chi connectivity index (χ1) is 9.56. The fourth-order valence-corrected chi connectivity index (χ4v) is 3.72. The van der Waals surface area contributed by atoms with Crippen LogP contribution in [0.25, 0.3) is 0 Å². The molecular weight excluding hydrogens is 342 g/mol. The largest absolute Gasteiger partial charge is 0.344 e. The predicted molar refractivity (Wildman–Crippen MR) is 79.4 cm³/mol. The van der Waals surface area contributed by atoms with Crippen molar-refractivity contribution in [1.29, 1.82) is 0 Å². The van der Waals surface area contributed by atoms with Gasteiger partial charge in [-0.15, -0.1) is 5.10 Å². The van der Waals surface area contributed by atoms with Crippen LogP contribution in [0.5, 0.6) is 0 Å². The lowest BCUT2D eigenvalue weighted by Gasteiger charge is -2.05. The number of hydrogen-bond donors (Lipinski definition) is 1. The van der Waals surface area contributed by atoms with Gasteiger partial charge in [0.05, 0.1) is 0 Å². The number of aromatic nitrogens is 3. The van der Waals surface area contributed by atoms with Gasteiger partial charge in [0.25, 0.3) is 0 Å². The van der Waals surface area contributed by atoms with E-state index in [0.29, 0.717) is 10.7 Å². The van der Waals surface area contributed by atoms with Gasteiger partial charge in [-0.1, -0.05) is 15.9 Å². The highest BCUT2D eigenvalue weighted by molar-refractivity contribution is 9.10. The number of H-pyrrole nitrogens is 1. The SMILES string of the molecule is CC(=O)c1ccc(Sc2n[nH]c(=O)n2C2CC2)cc1Br. The molecule has 0 saturated heterocycles. The highest BCUT2D eigenvalue weighted by Crippen LogP contribution is 2.38. The average molecular weight is 354 g/mol. The molecular formula is C13H12BrN3O2S. The van der Waals surface area contributed by atoms with Crippen LogP contribution in [-0.4, -0.2) is 20.5 Å². The van der Waals surface area contributed by atoms with E-state index in [1.807, 2.05) is 12.1 Å². The number of nitrogens with zero attached hydrogens (tertiary/aromatic N) is 2. The van der Waals surface area contributed by atoms with Crippen molar-refractivity contribution in [2.45, 2.75) is 35.9 Å². The van der Waals surface area contributed by atoms with Gasteiger partial charge < -0.3 is 0 Å². The first-order valence-corrected chi connectivity index (χ1v) is 7.82. The summed E-state index contributed by atoms with van der Waals surface area (Å²) in [5.74, 6) is 0.0167. The van der Waals surface area contributed by atoms with Crippen molar-refractivity contribution in [3.05, 3.63) is 38.7 Å². The van der Waals surface area contributed by atoms with Crippen molar-refractivity contribution in [2.75, 3.05) is 0 Å². The summed E-state index contributed by atoms with van der Waals surface area (Å²) in [5, 5.41) is 7.23. The van der Waals surface area contributed by atoms with E-state index in [0.717, 1.165) is 22.2 Å². The fourth-order valence-electron chi connectivity index (χ4n) is 1.97. The average Bonchev–Trinajstić information content (AvgIpc) is 3.15. The summed E-state index contributed by atoms with van der Waals surface area (Å²) in [7, 11) is 0. The molecule has 2 aromatic rings. The topological polar surface area (TPSA) is 67.8 Å². The number of rotatable bonds is 4. The monoisotopic (exact) mass is 353 g/mol. The van der Waals surface area contributed by atoms with E-state index in [4.69, 9.17) is 0 Å². The third-order valence-corrected chi connectivity index (χ3v) is 4.73. The summed E-state index contributed by atoms with van der Waals surface area (Å²) < 4.78 is 2.46. The molecule has 7 heteroatoms. The number of carbonyl (C=O) groups excluding carboxylic acids is 1. The summed E-state index contributed by atoms with van der Waals surface area (Å²) >= 11 is 4.81. The van der Waals surface area contributed by atoms with E-state index in [1.165, 1.54) is 18.7 Å². The molecule has 0 amide bonds. The Morgan fingerprint density at radius 3 is 2.85 bits per heavy atom. The number of benzene rings is 1. The maximum atomic E-state index is 11.7. The molecule has 0 unspecified atom stereocenters. The Balaban J connectivity index is 1.90. The van der Waals surface area contributed by atoms with Crippen LogP contribution in [0.15, 0.2) is 37.5 Å². The number of carbonyl (C=O) groups is 1. The summed E-state index contributed by atoms with van der Waals surface area (Å²) in [6, 6.07) is 5.80.